The van der Waals surface area contributed by atoms with Crippen molar-refractivity contribution in [2.75, 3.05) is 12.3 Å². The molecule has 1 aromatic heterocycles. The quantitative estimate of drug-likeness (QED) is 0.862. The molecule has 110 valence electrons. The van der Waals surface area contributed by atoms with Crippen LogP contribution in [0.3, 0.4) is 0 Å². The van der Waals surface area contributed by atoms with Gasteiger partial charge >= 0.3 is 0 Å². The van der Waals surface area contributed by atoms with Crippen LogP contribution in [0, 0.1) is 0 Å². The first-order valence-electron chi connectivity index (χ1n) is 6.22. The normalized spacial score (nSPS) is 18.3. The van der Waals surface area contributed by atoms with Crippen molar-refractivity contribution in [3.8, 4) is 0 Å². The zero-order valence-electron chi connectivity index (χ0n) is 10.9. The van der Waals surface area contributed by atoms with E-state index in [0.717, 1.165) is 16.9 Å². The highest BCUT2D eigenvalue weighted by Crippen LogP contribution is 2.26. The second kappa shape index (κ2) is 5.41. The van der Waals surface area contributed by atoms with Crippen LogP contribution in [0.1, 0.15) is 16.5 Å². The number of sulfone groups is 1. The maximum Gasteiger partial charge on any atom is 0.203 e. The number of hydrogen-bond donors (Lipinski definition) is 2. The number of benzene rings is 1. The molecular weight excluding hydrogens is 310 g/mol. The summed E-state index contributed by atoms with van der Waals surface area (Å²) in [5, 5.41) is 12.1. The third kappa shape index (κ3) is 2.88. The van der Waals surface area contributed by atoms with Gasteiger partial charge in [0, 0.05) is 6.54 Å². The largest absolute Gasteiger partial charge is 0.374 e. The average Bonchev–Trinajstić information content (AvgIpc) is 3.09. The van der Waals surface area contributed by atoms with E-state index in [1.54, 1.807) is 0 Å². The van der Waals surface area contributed by atoms with E-state index in [2.05, 4.69) is 20.7 Å². The summed E-state index contributed by atoms with van der Waals surface area (Å²) in [4.78, 5) is 0. The van der Waals surface area contributed by atoms with Gasteiger partial charge in [0.25, 0.3) is 0 Å². The summed E-state index contributed by atoms with van der Waals surface area (Å²) in [6, 6.07) is 9.44. The van der Waals surface area contributed by atoms with E-state index in [4.69, 9.17) is 5.73 Å². The second-order valence-electron chi connectivity index (χ2n) is 4.57. The summed E-state index contributed by atoms with van der Waals surface area (Å²) in [6.45, 7) is 0.469. The maximum absolute atomic E-state index is 12.5. The molecule has 0 saturated carbocycles. The van der Waals surface area contributed by atoms with Crippen LogP contribution >= 0.6 is 11.3 Å². The number of hydrazone groups is 1. The highest BCUT2D eigenvalue weighted by Gasteiger charge is 2.34. The SMILES string of the molecule is Nc1nnc(CS(=O)(=O)C2=NNCC2c2ccccc2)s1. The number of aromatic nitrogens is 2. The summed E-state index contributed by atoms with van der Waals surface area (Å²) < 4.78 is 25.0. The lowest BCUT2D eigenvalue weighted by atomic mass is 10.0. The highest BCUT2D eigenvalue weighted by molar-refractivity contribution is 8.05. The van der Waals surface area contributed by atoms with E-state index in [1.165, 1.54) is 0 Å². The molecule has 1 atom stereocenters. The van der Waals surface area contributed by atoms with Crippen molar-refractivity contribution in [2.45, 2.75) is 11.7 Å². The molecule has 21 heavy (non-hydrogen) atoms. The molecule has 9 heteroatoms. The minimum Gasteiger partial charge on any atom is -0.374 e. The molecule has 2 heterocycles. The topological polar surface area (TPSA) is 110 Å². The van der Waals surface area contributed by atoms with Gasteiger partial charge in [0.15, 0.2) is 5.04 Å². The van der Waals surface area contributed by atoms with E-state index in [9.17, 15) is 8.42 Å². The maximum atomic E-state index is 12.5. The number of hydrogen-bond acceptors (Lipinski definition) is 8. The molecule has 0 radical (unpaired) electrons. The van der Waals surface area contributed by atoms with Gasteiger partial charge < -0.3 is 11.2 Å². The standard InChI is InChI=1S/C12H13N5O2S2/c13-12-17-15-10(20-12)7-21(18,19)11-9(6-14-16-11)8-4-2-1-3-5-8/h1-5,9,14H,6-7H2,(H2,13,17). The van der Waals surface area contributed by atoms with Gasteiger partial charge in [-0.2, -0.15) is 5.10 Å². The Bertz CT molecular complexity index is 770. The molecule has 3 N–H and O–H groups in total. The summed E-state index contributed by atoms with van der Waals surface area (Å²) in [7, 11) is -3.56. The number of nitrogens with two attached hydrogens (primary N) is 1. The van der Waals surface area contributed by atoms with Gasteiger partial charge in [-0.15, -0.1) is 10.2 Å². The number of nitrogens with zero attached hydrogens (tertiary/aromatic N) is 3. The molecule has 3 rings (SSSR count). The Morgan fingerprint density at radius 3 is 2.71 bits per heavy atom. The van der Waals surface area contributed by atoms with E-state index >= 15 is 0 Å². The molecule has 0 saturated heterocycles. The zero-order valence-corrected chi connectivity index (χ0v) is 12.6. The first kappa shape index (κ1) is 14.0. The Hall–Kier alpha value is -2.00. The van der Waals surface area contributed by atoms with Gasteiger partial charge in [-0.05, 0) is 5.56 Å². The first-order valence-corrected chi connectivity index (χ1v) is 8.69. The fourth-order valence-corrected chi connectivity index (χ4v) is 4.67. The van der Waals surface area contributed by atoms with Crippen molar-refractivity contribution in [1.82, 2.24) is 15.6 Å². The van der Waals surface area contributed by atoms with Crippen molar-refractivity contribution in [3.05, 3.63) is 40.9 Å². The predicted octanol–water partition coefficient (Wildman–Crippen LogP) is 0.736. The van der Waals surface area contributed by atoms with Gasteiger partial charge in [0.2, 0.25) is 15.0 Å². The van der Waals surface area contributed by atoms with Crippen LogP contribution in [-0.4, -0.2) is 30.2 Å². The molecule has 0 aliphatic carbocycles. The summed E-state index contributed by atoms with van der Waals surface area (Å²) in [5.41, 5.74) is 9.16. The third-order valence-corrected chi connectivity index (χ3v) is 5.70. The van der Waals surface area contributed by atoms with Crippen LogP contribution < -0.4 is 11.2 Å². The Balaban J connectivity index is 1.87. The zero-order chi connectivity index (χ0) is 14.9. The third-order valence-electron chi connectivity index (χ3n) is 3.10. The molecule has 1 aliphatic heterocycles. The van der Waals surface area contributed by atoms with E-state index in [-0.39, 0.29) is 21.8 Å². The van der Waals surface area contributed by atoms with Crippen LogP contribution in [-0.2, 0) is 15.6 Å². The predicted molar refractivity (Wildman–Crippen MR) is 81.6 cm³/mol. The van der Waals surface area contributed by atoms with Gasteiger partial charge in [-0.1, -0.05) is 41.7 Å². The smallest absolute Gasteiger partial charge is 0.203 e. The Morgan fingerprint density at radius 1 is 1.29 bits per heavy atom. The summed E-state index contributed by atoms with van der Waals surface area (Å²) in [6.07, 6.45) is 0. The molecule has 0 fully saturated rings. The van der Waals surface area contributed by atoms with Gasteiger partial charge in [-0.3, -0.25) is 0 Å². The van der Waals surface area contributed by atoms with Crippen LogP contribution in [0.5, 0.6) is 0 Å². The average molecular weight is 323 g/mol. The molecule has 0 bridgehead atoms. The number of nitrogens with one attached hydrogen (secondary N) is 1. The molecule has 0 amide bonds. The van der Waals surface area contributed by atoms with Crippen LogP contribution in [0.15, 0.2) is 35.4 Å². The Kier molecular flexibility index (Phi) is 3.60. The van der Waals surface area contributed by atoms with Gasteiger partial charge in [0.1, 0.15) is 10.8 Å². The van der Waals surface area contributed by atoms with Crippen molar-refractivity contribution < 1.29 is 8.42 Å². The van der Waals surface area contributed by atoms with Crippen LogP contribution in [0.25, 0.3) is 0 Å². The number of anilines is 1. The number of rotatable bonds is 3. The molecule has 7 nitrogen and oxygen atoms in total. The monoisotopic (exact) mass is 323 g/mol. The number of nitrogen functional groups attached to an aromatic ring is 1. The summed E-state index contributed by atoms with van der Waals surface area (Å²) in [5.74, 6) is -0.507. The van der Waals surface area contributed by atoms with Crippen molar-refractivity contribution in [1.29, 1.82) is 0 Å². The molecule has 1 aromatic carbocycles. The van der Waals surface area contributed by atoms with E-state index in [0.29, 0.717) is 11.6 Å². The molecule has 1 unspecified atom stereocenters. The van der Waals surface area contributed by atoms with Crippen LogP contribution in [0.2, 0.25) is 0 Å². The van der Waals surface area contributed by atoms with Crippen molar-refractivity contribution >= 4 is 31.3 Å². The molecule has 0 spiro atoms. The highest BCUT2D eigenvalue weighted by atomic mass is 32.2. The fourth-order valence-electron chi connectivity index (χ4n) is 2.17. The Labute approximate surface area is 125 Å². The van der Waals surface area contributed by atoms with E-state index < -0.39 is 9.84 Å². The fraction of sp³-hybridized carbons (Fsp3) is 0.250. The molecular formula is C12H13N5O2S2. The summed E-state index contributed by atoms with van der Waals surface area (Å²) >= 11 is 1.07. The molecule has 1 aliphatic rings. The van der Waals surface area contributed by atoms with Crippen LogP contribution in [0.4, 0.5) is 5.13 Å². The first-order chi connectivity index (χ1) is 10.1. The van der Waals surface area contributed by atoms with Crippen molar-refractivity contribution in [3.63, 3.8) is 0 Å². The van der Waals surface area contributed by atoms with Gasteiger partial charge in [-0.25, -0.2) is 8.42 Å². The minimum atomic E-state index is -3.56. The van der Waals surface area contributed by atoms with Crippen molar-refractivity contribution in [2.24, 2.45) is 5.10 Å². The lowest BCUT2D eigenvalue weighted by molar-refractivity contribution is 0.605. The lowest BCUT2D eigenvalue weighted by Gasteiger charge is -2.11. The Morgan fingerprint density at radius 2 is 2.05 bits per heavy atom. The molecule has 2 aromatic rings. The minimum absolute atomic E-state index is 0.141. The van der Waals surface area contributed by atoms with E-state index in [1.807, 2.05) is 30.3 Å². The lowest BCUT2D eigenvalue weighted by Crippen LogP contribution is -2.23. The van der Waals surface area contributed by atoms with Gasteiger partial charge in [0.05, 0.1) is 5.92 Å². The second-order valence-corrected chi connectivity index (χ2v) is 7.60.